The van der Waals surface area contributed by atoms with Crippen LogP contribution in [0.4, 0.5) is 0 Å². The maximum atomic E-state index is 13.6. The lowest BCUT2D eigenvalue weighted by molar-refractivity contribution is -0.119. The summed E-state index contributed by atoms with van der Waals surface area (Å²) < 4.78 is 40.1. The van der Waals surface area contributed by atoms with Gasteiger partial charge in [-0.2, -0.15) is 9.42 Å². The fourth-order valence-electron chi connectivity index (χ4n) is 6.12. The van der Waals surface area contributed by atoms with Gasteiger partial charge in [-0.05, 0) is 36.8 Å². The van der Waals surface area contributed by atoms with Crippen LogP contribution in [0.25, 0.3) is 0 Å². The number of hydrogen-bond acceptors (Lipinski definition) is 8. The molecule has 0 radical (unpaired) electrons. The van der Waals surface area contributed by atoms with Crippen LogP contribution in [0.1, 0.15) is 39.5 Å². The van der Waals surface area contributed by atoms with Gasteiger partial charge in [0.15, 0.2) is 23.1 Å². The zero-order valence-electron chi connectivity index (χ0n) is 19.4. The number of piperidine rings is 1. The van der Waals surface area contributed by atoms with Crippen molar-refractivity contribution in [2.45, 2.75) is 44.4 Å². The van der Waals surface area contributed by atoms with Gasteiger partial charge in [-0.25, -0.2) is 8.42 Å². The van der Waals surface area contributed by atoms with Gasteiger partial charge in [0.25, 0.3) is 0 Å². The molecule has 1 N–H and O–H groups in total. The highest BCUT2D eigenvalue weighted by Gasteiger charge is 2.53. The summed E-state index contributed by atoms with van der Waals surface area (Å²) in [6.45, 7) is 5.96. The number of benzene rings is 1. The Bertz CT molecular complexity index is 1290. The summed E-state index contributed by atoms with van der Waals surface area (Å²) in [5.74, 6) is 1.62. The molecular formula is C24H28N4O5S. The van der Waals surface area contributed by atoms with E-state index in [0.717, 1.165) is 29.1 Å². The van der Waals surface area contributed by atoms with Crippen molar-refractivity contribution in [2.24, 2.45) is 21.1 Å². The highest BCUT2D eigenvalue weighted by molar-refractivity contribution is 7.89. The number of azo groups is 1. The normalized spacial score (nSPS) is 25.3. The number of fused-ring (bicyclic) bond motifs is 3. The number of ether oxygens (including phenoxy) is 2. The lowest BCUT2D eigenvalue weighted by atomic mass is 9.60. The van der Waals surface area contributed by atoms with Gasteiger partial charge in [0.1, 0.15) is 18.1 Å². The number of dihydropyridines is 1. The molecule has 0 unspecified atom stereocenters. The Morgan fingerprint density at radius 1 is 1.09 bits per heavy atom. The molecule has 6 rings (SSSR count). The summed E-state index contributed by atoms with van der Waals surface area (Å²) in [7, 11) is -3.79. The second-order valence-corrected chi connectivity index (χ2v) is 12.3. The summed E-state index contributed by atoms with van der Waals surface area (Å²) in [4.78, 5) is 13.6. The molecule has 5 aliphatic rings. The van der Waals surface area contributed by atoms with E-state index in [-0.39, 0.29) is 21.8 Å². The minimum Gasteiger partial charge on any atom is -0.486 e. The molecule has 1 aliphatic carbocycles. The molecule has 34 heavy (non-hydrogen) atoms. The minimum absolute atomic E-state index is 0.129. The Hall–Kier alpha value is -2.72. The van der Waals surface area contributed by atoms with Crippen LogP contribution in [0.3, 0.4) is 0 Å². The molecule has 0 amide bonds. The Labute approximate surface area is 198 Å². The summed E-state index contributed by atoms with van der Waals surface area (Å²) in [6, 6.07) is 4.97. The van der Waals surface area contributed by atoms with Crippen molar-refractivity contribution >= 4 is 15.8 Å². The number of ketones is 1. The van der Waals surface area contributed by atoms with Crippen LogP contribution in [0.5, 0.6) is 11.5 Å². The number of nitrogens with zero attached hydrogens (tertiary/aromatic N) is 3. The molecule has 0 bridgehead atoms. The highest BCUT2D eigenvalue weighted by Crippen LogP contribution is 2.55. The topological polar surface area (TPSA) is 110 Å². The van der Waals surface area contributed by atoms with Gasteiger partial charge in [0, 0.05) is 41.8 Å². The van der Waals surface area contributed by atoms with E-state index in [4.69, 9.17) is 9.47 Å². The first-order valence-electron chi connectivity index (χ1n) is 11.8. The molecule has 10 heteroatoms. The number of allylic oxidation sites excluding steroid dienone is 2. The number of para-hydroxylation sites is 1. The van der Waals surface area contributed by atoms with E-state index < -0.39 is 15.4 Å². The van der Waals surface area contributed by atoms with E-state index in [0.29, 0.717) is 57.9 Å². The molecule has 4 aliphatic heterocycles. The summed E-state index contributed by atoms with van der Waals surface area (Å²) >= 11 is 0. The Morgan fingerprint density at radius 2 is 1.85 bits per heavy atom. The molecule has 0 saturated carbocycles. The van der Waals surface area contributed by atoms with Crippen LogP contribution < -0.4 is 14.8 Å². The molecule has 0 atom stereocenters. The zero-order valence-corrected chi connectivity index (χ0v) is 20.2. The van der Waals surface area contributed by atoms with E-state index >= 15 is 0 Å². The van der Waals surface area contributed by atoms with E-state index in [1.807, 2.05) is 0 Å². The fraction of sp³-hybridized carbons (Fsp3) is 0.542. The van der Waals surface area contributed by atoms with Crippen molar-refractivity contribution < 1.29 is 22.7 Å². The van der Waals surface area contributed by atoms with Gasteiger partial charge in [0.05, 0.1) is 6.54 Å². The number of carbonyl (C=O) groups excluding carboxylic acids is 1. The highest BCUT2D eigenvalue weighted by atomic mass is 32.2. The molecule has 4 heterocycles. The number of Topliss-reactive ketones (excluding diaryl/α,β-unsaturated/α-hetero) is 1. The summed E-state index contributed by atoms with van der Waals surface area (Å²) in [5, 5.41) is 12.0. The van der Waals surface area contributed by atoms with Crippen LogP contribution in [0, 0.1) is 10.8 Å². The van der Waals surface area contributed by atoms with Crippen LogP contribution in [-0.4, -0.2) is 51.4 Å². The van der Waals surface area contributed by atoms with Crippen molar-refractivity contribution in [1.29, 1.82) is 0 Å². The minimum atomic E-state index is -3.79. The van der Waals surface area contributed by atoms with Gasteiger partial charge in [-0.3, -0.25) is 4.79 Å². The molecule has 1 spiro atoms. The van der Waals surface area contributed by atoms with Crippen LogP contribution in [0.15, 0.2) is 56.0 Å². The predicted molar refractivity (Wildman–Crippen MR) is 123 cm³/mol. The number of nitrogens with one attached hydrogen (secondary N) is 1. The number of sulfonamides is 1. The zero-order chi connectivity index (χ0) is 23.7. The summed E-state index contributed by atoms with van der Waals surface area (Å²) in [6.07, 6.45) is 2.30. The van der Waals surface area contributed by atoms with Gasteiger partial charge in [-0.15, -0.1) is 5.11 Å². The number of hydrogen-bond donors (Lipinski definition) is 1. The standard InChI is InChI=1S/C24H28N4O5S/c1-23(2)12-16-20(17(29)13-23)24(15-14-25-27-22(15)26-16)6-8-28(9-7-24)34(30,31)19-5-3-4-18-21(19)33-11-10-32-18/h3-5,26H,6-14H2,1-2H3. The molecule has 9 nitrogen and oxygen atoms in total. The van der Waals surface area contributed by atoms with E-state index in [9.17, 15) is 13.2 Å². The van der Waals surface area contributed by atoms with E-state index in [1.165, 1.54) is 4.31 Å². The molecule has 0 aromatic heterocycles. The third-order valence-electron chi connectivity index (χ3n) is 7.61. The molecule has 1 fully saturated rings. The van der Waals surface area contributed by atoms with E-state index in [2.05, 4.69) is 29.4 Å². The average Bonchev–Trinajstić information content (AvgIpc) is 3.27. The van der Waals surface area contributed by atoms with Crippen molar-refractivity contribution in [1.82, 2.24) is 9.62 Å². The van der Waals surface area contributed by atoms with Crippen LogP contribution in [-0.2, 0) is 14.8 Å². The first-order valence-corrected chi connectivity index (χ1v) is 13.2. The first kappa shape index (κ1) is 21.8. The Morgan fingerprint density at radius 3 is 2.65 bits per heavy atom. The quantitative estimate of drug-likeness (QED) is 0.691. The maximum absolute atomic E-state index is 13.6. The maximum Gasteiger partial charge on any atom is 0.246 e. The van der Waals surface area contributed by atoms with Crippen molar-refractivity contribution in [3.05, 3.63) is 40.9 Å². The van der Waals surface area contributed by atoms with Crippen molar-refractivity contribution in [3.8, 4) is 11.5 Å². The largest absolute Gasteiger partial charge is 0.486 e. The molecular weight excluding hydrogens is 456 g/mol. The smallest absolute Gasteiger partial charge is 0.246 e. The molecule has 1 aromatic rings. The third-order valence-corrected chi connectivity index (χ3v) is 9.53. The Balaban J connectivity index is 1.34. The fourth-order valence-corrected chi connectivity index (χ4v) is 7.70. The average molecular weight is 485 g/mol. The van der Waals surface area contributed by atoms with Crippen LogP contribution >= 0.6 is 0 Å². The second-order valence-electron chi connectivity index (χ2n) is 10.4. The first-order chi connectivity index (χ1) is 16.2. The molecule has 1 aromatic carbocycles. The van der Waals surface area contributed by atoms with Crippen LogP contribution in [0.2, 0.25) is 0 Å². The summed E-state index contributed by atoms with van der Waals surface area (Å²) in [5.41, 5.74) is 2.12. The monoisotopic (exact) mass is 484 g/mol. The second kappa shape index (κ2) is 7.39. The van der Waals surface area contributed by atoms with Crippen molar-refractivity contribution in [3.63, 3.8) is 0 Å². The third kappa shape index (κ3) is 3.15. The van der Waals surface area contributed by atoms with E-state index in [1.54, 1.807) is 18.2 Å². The number of rotatable bonds is 2. The van der Waals surface area contributed by atoms with Gasteiger partial charge < -0.3 is 14.8 Å². The molecule has 1 saturated heterocycles. The predicted octanol–water partition coefficient (Wildman–Crippen LogP) is 3.15. The number of carbonyl (C=O) groups is 1. The molecule has 180 valence electrons. The van der Waals surface area contributed by atoms with Crippen molar-refractivity contribution in [2.75, 3.05) is 32.8 Å². The van der Waals surface area contributed by atoms with Gasteiger partial charge in [0.2, 0.25) is 10.0 Å². The van der Waals surface area contributed by atoms with Gasteiger partial charge in [-0.1, -0.05) is 19.9 Å². The SMILES string of the molecule is CC1(C)CC(=O)C2=C(C1)NC1=C(CN=N1)C21CCN(S(=O)(=O)c2cccc3c2OCCO3)CC1. The lowest BCUT2D eigenvalue weighted by Gasteiger charge is -2.48. The lowest BCUT2D eigenvalue weighted by Crippen LogP contribution is -2.50. The Kier molecular flexibility index (Phi) is 4.73. The van der Waals surface area contributed by atoms with Gasteiger partial charge >= 0.3 is 0 Å².